The van der Waals surface area contributed by atoms with E-state index in [9.17, 15) is 9.18 Å². The van der Waals surface area contributed by atoms with Crippen LogP contribution in [0.2, 0.25) is 0 Å². The molecule has 1 unspecified atom stereocenters. The number of nitrogens with one attached hydrogen (secondary N) is 2. The number of hydrogen-bond donors (Lipinski definition) is 2. The maximum Gasteiger partial charge on any atom is 0.319 e. The number of urea groups is 1. The number of anilines is 1. The molecule has 0 saturated carbocycles. The highest BCUT2D eigenvalue weighted by Gasteiger charge is 2.17. The van der Waals surface area contributed by atoms with Crippen LogP contribution in [0.4, 0.5) is 14.9 Å². The largest absolute Gasteiger partial charge is 0.488 e. The fourth-order valence-electron chi connectivity index (χ4n) is 2.70. The van der Waals surface area contributed by atoms with Gasteiger partial charge in [0.15, 0.2) is 11.6 Å². The van der Waals surface area contributed by atoms with Crippen molar-refractivity contribution in [3.8, 4) is 5.75 Å². The molecule has 0 bridgehead atoms. The third-order valence-corrected chi connectivity index (χ3v) is 4.17. The van der Waals surface area contributed by atoms with Crippen molar-refractivity contribution in [3.63, 3.8) is 0 Å². The van der Waals surface area contributed by atoms with E-state index < -0.39 is 17.9 Å². The van der Waals surface area contributed by atoms with Gasteiger partial charge in [-0.1, -0.05) is 42.5 Å². The monoisotopic (exact) mass is 398 g/mol. The summed E-state index contributed by atoms with van der Waals surface area (Å²) in [5.74, 6) is -0.317. The van der Waals surface area contributed by atoms with Crippen LogP contribution < -0.4 is 15.4 Å². The molecule has 7 nitrogen and oxygen atoms in total. The number of halogens is 1. The van der Waals surface area contributed by atoms with Crippen LogP contribution in [0.15, 0.2) is 67.0 Å². The molecule has 0 aliphatic heterocycles. The van der Waals surface area contributed by atoms with Crippen molar-refractivity contribution < 1.29 is 18.7 Å². The fourth-order valence-corrected chi connectivity index (χ4v) is 2.70. The molecule has 2 amide bonds. The zero-order chi connectivity index (χ0) is 20.5. The standard InChI is InChI=1S/C21H23FN4O3/c1-28-12-11-26-14-17(13-23-26)24-21(27)25-19(16-7-3-2-4-8-16)15-29-20-10-6-5-9-18(20)22/h2-10,13-14,19H,11-12,15H2,1H3,(H2,24,25,27). The Bertz CT molecular complexity index is 917. The highest BCUT2D eigenvalue weighted by atomic mass is 19.1. The van der Waals surface area contributed by atoms with Gasteiger partial charge in [0.25, 0.3) is 0 Å². The van der Waals surface area contributed by atoms with Gasteiger partial charge in [-0.25, -0.2) is 9.18 Å². The smallest absolute Gasteiger partial charge is 0.319 e. The number of benzene rings is 2. The second-order valence-corrected chi connectivity index (χ2v) is 6.29. The van der Waals surface area contributed by atoms with Crippen LogP contribution in [0, 0.1) is 5.82 Å². The Labute approximate surface area is 168 Å². The Hall–Kier alpha value is -3.39. The predicted molar refractivity (Wildman–Crippen MR) is 107 cm³/mol. The molecule has 1 atom stereocenters. The molecule has 152 valence electrons. The third kappa shape index (κ3) is 6.05. The lowest BCUT2D eigenvalue weighted by Crippen LogP contribution is -2.35. The summed E-state index contributed by atoms with van der Waals surface area (Å²) in [6, 6.07) is 14.6. The van der Waals surface area contributed by atoms with Crippen molar-refractivity contribution in [2.24, 2.45) is 0 Å². The molecule has 3 aromatic rings. The highest BCUT2D eigenvalue weighted by Crippen LogP contribution is 2.19. The first-order chi connectivity index (χ1) is 14.2. The van der Waals surface area contributed by atoms with E-state index in [1.165, 1.54) is 6.07 Å². The van der Waals surface area contributed by atoms with Crippen LogP contribution >= 0.6 is 0 Å². The average Bonchev–Trinajstić information content (AvgIpc) is 3.18. The normalized spacial score (nSPS) is 11.7. The van der Waals surface area contributed by atoms with E-state index in [0.29, 0.717) is 18.8 Å². The van der Waals surface area contributed by atoms with E-state index in [0.717, 1.165) is 5.56 Å². The lowest BCUT2D eigenvalue weighted by atomic mass is 10.1. The lowest BCUT2D eigenvalue weighted by molar-refractivity contribution is 0.183. The number of ether oxygens (including phenoxy) is 2. The number of nitrogens with zero attached hydrogens (tertiary/aromatic N) is 2. The van der Waals surface area contributed by atoms with E-state index >= 15 is 0 Å². The van der Waals surface area contributed by atoms with Gasteiger partial charge in [0, 0.05) is 13.3 Å². The second kappa shape index (κ2) is 10.2. The zero-order valence-electron chi connectivity index (χ0n) is 16.0. The summed E-state index contributed by atoms with van der Waals surface area (Å²) >= 11 is 0. The van der Waals surface area contributed by atoms with E-state index in [2.05, 4.69) is 15.7 Å². The minimum Gasteiger partial charge on any atom is -0.488 e. The van der Waals surface area contributed by atoms with Crippen LogP contribution in [0.1, 0.15) is 11.6 Å². The topological polar surface area (TPSA) is 77.4 Å². The lowest BCUT2D eigenvalue weighted by Gasteiger charge is -2.20. The molecule has 8 heteroatoms. The van der Waals surface area contributed by atoms with Crippen molar-refractivity contribution in [2.45, 2.75) is 12.6 Å². The summed E-state index contributed by atoms with van der Waals surface area (Å²) in [5.41, 5.74) is 1.40. The molecule has 0 aliphatic carbocycles. The fraction of sp³-hybridized carbons (Fsp3) is 0.238. The Kier molecular flexibility index (Phi) is 7.18. The number of para-hydroxylation sites is 1. The first kappa shape index (κ1) is 20.3. The molecule has 0 aliphatic rings. The van der Waals surface area contributed by atoms with Crippen LogP contribution in [0.5, 0.6) is 5.75 Å². The molecule has 1 aromatic heterocycles. The molecular formula is C21H23FN4O3. The number of rotatable bonds is 9. The van der Waals surface area contributed by atoms with Gasteiger partial charge < -0.3 is 20.1 Å². The molecule has 1 heterocycles. The summed E-state index contributed by atoms with van der Waals surface area (Å²) in [6.07, 6.45) is 3.27. The second-order valence-electron chi connectivity index (χ2n) is 6.29. The van der Waals surface area contributed by atoms with Crippen LogP contribution in [-0.2, 0) is 11.3 Å². The molecule has 0 radical (unpaired) electrons. The van der Waals surface area contributed by atoms with Crippen LogP contribution in [0.3, 0.4) is 0 Å². The maximum absolute atomic E-state index is 13.8. The predicted octanol–water partition coefficient (Wildman–Crippen LogP) is 3.61. The van der Waals surface area contributed by atoms with Crippen LogP contribution in [-0.4, -0.2) is 36.1 Å². The maximum atomic E-state index is 13.8. The molecular weight excluding hydrogens is 375 g/mol. The number of methoxy groups -OCH3 is 1. The molecule has 29 heavy (non-hydrogen) atoms. The quantitative estimate of drug-likeness (QED) is 0.577. The van der Waals surface area contributed by atoms with Crippen molar-refractivity contribution >= 4 is 11.7 Å². The molecule has 0 saturated heterocycles. The Morgan fingerprint density at radius 3 is 2.69 bits per heavy atom. The van der Waals surface area contributed by atoms with Crippen molar-refractivity contribution in [2.75, 3.05) is 25.6 Å². The minimum absolute atomic E-state index is 0.0749. The van der Waals surface area contributed by atoms with Gasteiger partial charge in [-0.15, -0.1) is 0 Å². The van der Waals surface area contributed by atoms with Gasteiger partial charge in [0.1, 0.15) is 6.61 Å². The van der Waals surface area contributed by atoms with Crippen LogP contribution in [0.25, 0.3) is 0 Å². The number of carbonyl (C=O) groups excluding carboxylic acids is 1. The first-order valence-electron chi connectivity index (χ1n) is 9.17. The van der Waals surface area contributed by atoms with Gasteiger partial charge in [-0.2, -0.15) is 5.10 Å². The Morgan fingerprint density at radius 2 is 1.93 bits per heavy atom. The number of aromatic nitrogens is 2. The average molecular weight is 398 g/mol. The number of carbonyl (C=O) groups is 1. The van der Waals surface area contributed by atoms with E-state index in [4.69, 9.17) is 9.47 Å². The summed E-state index contributed by atoms with van der Waals surface area (Å²) in [6.45, 7) is 1.19. The summed E-state index contributed by atoms with van der Waals surface area (Å²) in [5, 5.41) is 9.77. The zero-order valence-corrected chi connectivity index (χ0v) is 16.0. The molecule has 3 rings (SSSR count). The highest BCUT2D eigenvalue weighted by molar-refractivity contribution is 5.89. The van der Waals surface area contributed by atoms with E-state index in [1.807, 2.05) is 30.3 Å². The number of amides is 2. The van der Waals surface area contributed by atoms with E-state index in [1.54, 1.807) is 42.4 Å². The molecule has 2 N–H and O–H groups in total. The van der Waals surface area contributed by atoms with Gasteiger partial charge in [-0.05, 0) is 17.7 Å². The van der Waals surface area contributed by atoms with Gasteiger partial charge in [-0.3, -0.25) is 4.68 Å². The summed E-state index contributed by atoms with van der Waals surface area (Å²) in [7, 11) is 1.61. The minimum atomic E-state index is -0.473. The summed E-state index contributed by atoms with van der Waals surface area (Å²) < 4.78 is 26.1. The first-order valence-corrected chi connectivity index (χ1v) is 9.17. The molecule has 0 fully saturated rings. The van der Waals surface area contributed by atoms with Gasteiger partial charge in [0.05, 0.1) is 31.1 Å². The SMILES string of the molecule is COCCn1cc(NC(=O)NC(COc2ccccc2F)c2ccccc2)cn1. The van der Waals surface area contributed by atoms with Crippen molar-refractivity contribution in [1.82, 2.24) is 15.1 Å². The van der Waals surface area contributed by atoms with Crippen molar-refractivity contribution in [1.29, 1.82) is 0 Å². The Morgan fingerprint density at radius 1 is 1.17 bits per heavy atom. The van der Waals surface area contributed by atoms with Gasteiger partial charge in [0.2, 0.25) is 0 Å². The Balaban J connectivity index is 1.64. The third-order valence-electron chi connectivity index (χ3n) is 4.17. The molecule has 2 aromatic carbocycles. The summed E-state index contributed by atoms with van der Waals surface area (Å²) in [4.78, 5) is 12.5. The van der Waals surface area contributed by atoms with E-state index in [-0.39, 0.29) is 12.4 Å². The van der Waals surface area contributed by atoms with Gasteiger partial charge >= 0.3 is 6.03 Å². The molecule has 0 spiro atoms. The van der Waals surface area contributed by atoms with Crippen molar-refractivity contribution in [3.05, 3.63) is 78.4 Å². The number of hydrogen-bond acceptors (Lipinski definition) is 4.